The first-order valence-corrected chi connectivity index (χ1v) is 9.56. The normalized spacial score (nSPS) is 17.7. The van der Waals surface area contributed by atoms with Gasteiger partial charge in [0, 0.05) is 23.4 Å². The number of carbonyl (C=O) groups is 2. The van der Waals surface area contributed by atoms with Gasteiger partial charge in [-0.05, 0) is 36.8 Å². The number of nitro benzene ring substituents is 1. The van der Waals surface area contributed by atoms with Gasteiger partial charge < -0.3 is 5.11 Å². The van der Waals surface area contributed by atoms with Gasteiger partial charge in [0.15, 0.2) is 0 Å². The SMILES string of the molecule is Cc1ccc(N2C(=O)C(=O)/C(=C(/O)c3ccc([N+](=O)[O-])cc3)[C@H]2c2ccccc2)cc1. The van der Waals surface area contributed by atoms with E-state index >= 15 is 0 Å². The van der Waals surface area contributed by atoms with Crippen LogP contribution in [0.5, 0.6) is 0 Å². The molecule has 1 heterocycles. The van der Waals surface area contributed by atoms with Gasteiger partial charge in [0.2, 0.25) is 0 Å². The highest BCUT2D eigenvalue weighted by atomic mass is 16.6. The second kappa shape index (κ2) is 7.87. The fraction of sp³-hybridized carbons (Fsp3) is 0.0833. The molecule has 0 spiro atoms. The fourth-order valence-electron chi connectivity index (χ4n) is 3.65. The minimum atomic E-state index is -0.834. The van der Waals surface area contributed by atoms with E-state index in [4.69, 9.17) is 0 Å². The van der Waals surface area contributed by atoms with E-state index in [-0.39, 0.29) is 22.6 Å². The minimum absolute atomic E-state index is 0.0642. The summed E-state index contributed by atoms with van der Waals surface area (Å²) >= 11 is 0. The van der Waals surface area contributed by atoms with Crippen molar-refractivity contribution in [3.05, 3.63) is 111 Å². The Morgan fingerprint density at radius 1 is 0.935 bits per heavy atom. The van der Waals surface area contributed by atoms with Gasteiger partial charge in [-0.2, -0.15) is 0 Å². The van der Waals surface area contributed by atoms with E-state index in [1.165, 1.54) is 29.2 Å². The van der Waals surface area contributed by atoms with Crippen molar-refractivity contribution in [2.24, 2.45) is 0 Å². The van der Waals surface area contributed by atoms with E-state index in [2.05, 4.69) is 0 Å². The summed E-state index contributed by atoms with van der Waals surface area (Å²) in [7, 11) is 0. The third-order valence-electron chi connectivity index (χ3n) is 5.22. The van der Waals surface area contributed by atoms with Crippen molar-refractivity contribution in [3.8, 4) is 0 Å². The van der Waals surface area contributed by atoms with Crippen molar-refractivity contribution in [2.45, 2.75) is 13.0 Å². The Morgan fingerprint density at radius 3 is 2.13 bits per heavy atom. The maximum Gasteiger partial charge on any atom is 0.300 e. The quantitative estimate of drug-likeness (QED) is 0.222. The minimum Gasteiger partial charge on any atom is -0.507 e. The number of Topliss-reactive ketones (excluding diaryl/α,β-unsaturated/α-hetero) is 1. The lowest BCUT2D eigenvalue weighted by Gasteiger charge is -2.25. The second-order valence-electron chi connectivity index (χ2n) is 7.22. The summed E-state index contributed by atoms with van der Waals surface area (Å²) in [6.07, 6.45) is 0. The van der Waals surface area contributed by atoms with Gasteiger partial charge in [-0.25, -0.2) is 0 Å². The summed E-state index contributed by atoms with van der Waals surface area (Å²) in [6.45, 7) is 1.92. The third-order valence-corrected chi connectivity index (χ3v) is 5.22. The molecule has 7 nitrogen and oxygen atoms in total. The standard InChI is InChI=1S/C24H18N2O5/c1-15-7-11-18(12-8-15)25-21(16-5-3-2-4-6-16)20(23(28)24(25)29)22(27)17-9-13-19(14-10-17)26(30)31/h2-14,21,27H,1H3/b22-20+/t21-/m1/s1. The molecule has 3 aromatic rings. The van der Waals surface area contributed by atoms with E-state index < -0.39 is 22.7 Å². The Labute approximate surface area is 178 Å². The molecular weight excluding hydrogens is 396 g/mol. The van der Waals surface area contributed by atoms with Gasteiger partial charge in [-0.1, -0.05) is 48.0 Å². The molecule has 1 aliphatic heterocycles. The van der Waals surface area contributed by atoms with Gasteiger partial charge >= 0.3 is 0 Å². The topological polar surface area (TPSA) is 101 Å². The maximum atomic E-state index is 13.0. The molecule has 0 aliphatic carbocycles. The molecule has 3 aromatic carbocycles. The molecule has 0 radical (unpaired) electrons. The highest BCUT2D eigenvalue weighted by Crippen LogP contribution is 2.42. The smallest absolute Gasteiger partial charge is 0.300 e. The van der Waals surface area contributed by atoms with Crippen LogP contribution in [-0.2, 0) is 9.59 Å². The molecule has 7 heteroatoms. The number of carbonyl (C=O) groups excluding carboxylic acids is 2. The fourth-order valence-corrected chi connectivity index (χ4v) is 3.65. The number of hydrogen-bond donors (Lipinski definition) is 1. The number of nitro groups is 1. The average molecular weight is 414 g/mol. The lowest BCUT2D eigenvalue weighted by atomic mass is 9.95. The van der Waals surface area contributed by atoms with Crippen LogP contribution in [0.15, 0.2) is 84.4 Å². The Kier molecular flexibility index (Phi) is 5.09. The van der Waals surface area contributed by atoms with Crippen molar-refractivity contribution in [2.75, 3.05) is 4.90 Å². The summed E-state index contributed by atoms with van der Waals surface area (Å²) in [5.41, 5.74) is 2.20. The van der Waals surface area contributed by atoms with Crippen LogP contribution >= 0.6 is 0 Å². The van der Waals surface area contributed by atoms with Crippen LogP contribution < -0.4 is 4.90 Å². The van der Waals surface area contributed by atoms with Gasteiger partial charge in [-0.3, -0.25) is 24.6 Å². The van der Waals surface area contributed by atoms with Crippen molar-refractivity contribution >= 4 is 28.8 Å². The van der Waals surface area contributed by atoms with Crippen LogP contribution in [0.2, 0.25) is 0 Å². The molecule has 1 atom stereocenters. The number of ketones is 1. The van der Waals surface area contributed by atoms with Gasteiger partial charge in [0.25, 0.3) is 17.4 Å². The van der Waals surface area contributed by atoms with Gasteiger partial charge in [-0.15, -0.1) is 0 Å². The van der Waals surface area contributed by atoms with E-state index in [0.717, 1.165) is 5.56 Å². The molecule has 1 fully saturated rings. The van der Waals surface area contributed by atoms with Crippen molar-refractivity contribution < 1.29 is 19.6 Å². The lowest BCUT2D eigenvalue weighted by Crippen LogP contribution is -2.29. The maximum absolute atomic E-state index is 13.0. The first-order valence-electron chi connectivity index (χ1n) is 9.56. The third kappa shape index (κ3) is 3.57. The van der Waals surface area contributed by atoms with Crippen molar-refractivity contribution in [1.29, 1.82) is 0 Å². The van der Waals surface area contributed by atoms with Crippen LogP contribution in [0.1, 0.15) is 22.7 Å². The molecule has 0 aromatic heterocycles. The number of non-ortho nitro benzene ring substituents is 1. The average Bonchev–Trinajstić information content (AvgIpc) is 3.05. The molecule has 1 N–H and O–H groups in total. The van der Waals surface area contributed by atoms with Crippen molar-refractivity contribution in [1.82, 2.24) is 0 Å². The number of benzene rings is 3. The predicted molar refractivity (Wildman–Crippen MR) is 116 cm³/mol. The van der Waals surface area contributed by atoms with Gasteiger partial charge in [0.1, 0.15) is 5.76 Å². The zero-order valence-electron chi connectivity index (χ0n) is 16.6. The summed E-state index contributed by atoms with van der Waals surface area (Å²) in [4.78, 5) is 37.8. The number of amides is 1. The monoisotopic (exact) mass is 414 g/mol. The first-order chi connectivity index (χ1) is 14.9. The molecule has 0 saturated carbocycles. The zero-order valence-corrected chi connectivity index (χ0v) is 16.6. The molecule has 4 rings (SSSR count). The summed E-state index contributed by atoms with van der Waals surface area (Å²) < 4.78 is 0. The molecule has 0 bridgehead atoms. The molecule has 31 heavy (non-hydrogen) atoms. The van der Waals surface area contributed by atoms with Crippen LogP contribution in [0, 0.1) is 17.0 Å². The van der Waals surface area contributed by atoms with Crippen molar-refractivity contribution in [3.63, 3.8) is 0 Å². The largest absolute Gasteiger partial charge is 0.507 e. The number of aliphatic hydroxyl groups is 1. The molecule has 154 valence electrons. The van der Waals surface area contributed by atoms with E-state index in [1.807, 2.05) is 25.1 Å². The lowest BCUT2D eigenvalue weighted by molar-refractivity contribution is -0.384. The summed E-state index contributed by atoms with van der Waals surface area (Å²) in [5.74, 6) is -1.94. The molecule has 1 saturated heterocycles. The summed E-state index contributed by atoms with van der Waals surface area (Å²) in [6, 6.07) is 20.5. The van der Waals surface area contributed by atoms with Gasteiger partial charge in [0.05, 0.1) is 16.5 Å². The number of rotatable bonds is 4. The highest BCUT2D eigenvalue weighted by Gasteiger charge is 2.46. The van der Waals surface area contributed by atoms with Crippen LogP contribution in [0.25, 0.3) is 5.76 Å². The number of aryl methyl sites for hydroxylation is 1. The number of nitrogens with zero attached hydrogens (tertiary/aromatic N) is 2. The number of aliphatic hydroxyl groups excluding tert-OH is 1. The van der Waals surface area contributed by atoms with Crippen LogP contribution in [0.3, 0.4) is 0 Å². The second-order valence-corrected chi connectivity index (χ2v) is 7.22. The molecule has 1 amide bonds. The molecule has 1 aliphatic rings. The molecule has 0 unspecified atom stereocenters. The van der Waals surface area contributed by atoms with Crippen LogP contribution in [-0.4, -0.2) is 21.7 Å². The number of anilines is 1. The first kappa shape index (κ1) is 20.0. The highest BCUT2D eigenvalue weighted by molar-refractivity contribution is 6.51. The molecular formula is C24H18N2O5. The Balaban J connectivity index is 1.90. The van der Waals surface area contributed by atoms with Crippen LogP contribution in [0.4, 0.5) is 11.4 Å². The van der Waals surface area contributed by atoms with E-state index in [0.29, 0.717) is 11.3 Å². The Bertz CT molecular complexity index is 1200. The van der Waals surface area contributed by atoms with E-state index in [1.54, 1.807) is 36.4 Å². The van der Waals surface area contributed by atoms with E-state index in [9.17, 15) is 24.8 Å². The summed E-state index contributed by atoms with van der Waals surface area (Å²) in [5, 5.41) is 21.9. The predicted octanol–water partition coefficient (Wildman–Crippen LogP) is 4.53. The Hall–Kier alpha value is -4.26. The Morgan fingerprint density at radius 2 is 1.55 bits per heavy atom. The number of hydrogen-bond acceptors (Lipinski definition) is 5. The zero-order chi connectivity index (χ0) is 22.1.